The van der Waals surface area contributed by atoms with Crippen LogP contribution in [0.25, 0.3) is 10.2 Å². The van der Waals surface area contributed by atoms with Crippen molar-refractivity contribution in [2.45, 2.75) is 52.6 Å². The molecule has 2 aromatic rings. The van der Waals surface area contributed by atoms with Gasteiger partial charge in [-0.2, -0.15) is 0 Å². The van der Waals surface area contributed by atoms with E-state index in [2.05, 4.69) is 22.5 Å². The van der Waals surface area contributed by atoms with Crippen LogP contribution in [0.4, 0.5) is 0 Å². The van der Waals surface area contributed by atoms with Gasteiger partial charge in [0.2, 0.25) is 11.8 Å². The first kappa shape index (κ1) is 18.6. The molecule has 0 aliphatic heterocycles. The van der Waals surface area contributed by atoms with Gasteiger partial charge in [-0.05, 0) is 44.6 Å². The highest BCUT2D eigenvalue weighted by Gasteiger charge is 2.23. The summed E-state index contributed by atoms with van der Waals surface area (Å²) in [5, 5.41) is 5.92. The number of carbonyl (C=O) groups excluding carboxylic acids is 2. The van der Waals surface area contributed by atoms with Crippen LogP contribution in [0.3, 0.4) is 0 Å². The van der Waals surface area contributed by atoms with Crippen LogP contribution in [-0.4, -0.2) is 34.0 Å². The summed E-state index contributed by atoms with van der Waals surface area (Å²) < 4.78 is 1.33. The Morgan fingerprint density at radius 2 is 2.23 bits per heavy atom. The van der Waals surface area contributed by atoms with E-state index in [0.717, 1.165) is 29.7 Å². The maximum Gasteiger partial charge on any atom is 0.262 e. The Morgan fingerprint density at radius 1 is 1.46 bits per heavy atom. The number of hydrogen-bond donors (Lipinski definition) is 2. The van der Waals surface area contributed by atoms with Gasteiger partial charge in [0.25, 0.3) is 5.56 Å². The lowest BCUT2D eigenvalue weighted by Crippen LogP contribution is -2.46. The van der Waals surface area contributed by atoms with Crippen molar-refractivity contribution in [1.82, 2.24) is 20.2 Å². The van der Waals surface area contributed by atoms with Crippen molar-refractivity contribution in [3.8, 4) is 0 Å². The molecule has 140 valence electrons. The van der Waals surface area contributed by atoms with Crippen molar-refractivity contribution in [2.75, 3.05) is 6.54 Å². The van der Waals surface area contributed by atoms with E-state index < -0.39 is 6.04 Å². The second-order valence-electron chi connectivity index (χ2n) is 6.89. The Hall–Kier alpha value is -2.22. The normalized spacial score (nSPS) is 17.6. The molecule has 0 unspecified atom stereocenters. The predicted molar refractivity (Wildman–Crippen MR) is 101 cm³/mol. The Labute approximate surface area is 155 Å². The third-order valence-corrected chi connectivity index (χ3v) is 5.88. The van der Waals surface area contributed by atoms with E-state index in [1.54, 1.807) is 18.3 Å². The van der Waals surface area contributed by atoms with Crippen molar-refractivity contribution < 1.29 is 9.59 Å². The molecule has 0 fully saturated rings. The lowest BCUT2D eigenvalue weighted by atomic mass is 9.89. The topological polar surface area (TPSA) is 93.1 Å². The maximum absolute atomic E-state index is 12.9. The minimum atomic E-state index is -0.648. The van der Waals surface area contributed by atoms with Gasteiger partial charge in [-0.1, -0.05) is 6.92 Å². The summed E-state index contributed by atoms with van der Waals surface area (Å²) in [6.07, 6.45) is 4.36. The fourth-order valence-corrected chi connectivity index (χ4v) is 4.65. The van der Waals surface area contributed by atoms with Crippen LogP contribution in [0.2, 0.25) is 0 Å². The predicted octanol–water partition coefficient (Wildman–Crippen LogP) is 1.22. The second-order valence-corrected chi connectivity index (χ2v) is 7.98. The third kappa shape index (κ3) is 3.65. The second kappa shape index (κ2) is 7.57. The van der Waals surface area contributed by atoms with Gasteiger partial charge in [-0.25, -0.2) is 4.98 Å². The summed E-state index contributed by atoms with van der Waals surface area (Å²) in [4.78, 5) is 43.2. The number of aromatic nitrogens is 2. The highest BCUT2D eigenvalue weighted by molar-refractivity contribution is 7.18. The number of hydrogen-bond acceptors (Lipinski definition) is 5. The zero-order chi connectivity index (χ0) is 18.8. The summed E-state index contributed by atoms with van der Waals surface area (Å²) in [5.74, 6) is -0.00755. The molecule has 1 aliphatic rings. The van der Waals surface area contributed by atoms with Crippen LogP contribution >= 0.6 is 11.3 Å². The number of rotatable bonds is 5. The Balaban J connectivity index is 1.81. The van der Waals surface area contributed by atoms with Crippen molar-refractivity contribution in [3.05, 3.63) is 27.1 Å². The summed E-state index contributed by atoms with van der Waals surface area (Å²) >= 11 is 1.59. The first-order chi connectivity index (χ1) is 12.4. The van der Waals surface area contributed by atoms with Crippen molar-refractivity contribution in [2.24, 2.45) is 5.92 Å². The van der Waals surface area contributed by atoms with Gasteiger partial charge in [0.05, 0.1) is 11.7 Å². The third-order valence-electron chi connectivity index (χ3n) is 4.72. The summed E-state index contributed by atoms with van der Waals surface area (Å²) in [7, 11) is 0. The molecule has 2 atom stereocenters. The zero-order valence-electron chi connectivity index (χ0n) is 15.3. The highest BCUT2D eigenvalue weighted by Crippen LogP contribution is 2.35. The smallest absolute Gasteiger partial charge is 0.262 e. The SMILES string of the molecule is CCNC(=O)[C@H](C)NC(=O)Cn1cnc2sc3c(c2c1=O)CC[C@@H](C)C3. The van der Waals surface area contributed by atoms with Crippen LogP contribution in [0.15, 0.2) is 11.1 Å². The largest absolute Gasteiger partial charge is 0.355 e. The average Bonchev–Trinajstić information content (AvgIpc) is 2.95. The number of likely N-dealkylation sites (N-methyl/N-ethyl adjacent to an activating group) is 1. The summed E-state index contributed by atoms with van der Waals surface area (Å²) in [6, 6.07) is -0.648. The van der Waals surface area contributed by atoms with Crippen molar-refractivity contribution >= 4 is 33.4 Å². The van der Waals surface area contributed by atoms with Gasteiger partial charge in [0.1, 0.15) is 17.4 Å². The number of nitrogens with one attached hydrogen (secondary N) is 2. The fourth-order valence-electron chi connectivity index (χ4n) is 3.31. The number of amides is 2. The highest BCUT2D eigenvalue weighted by atomic mass is 32.1. The number of carbonyl (C=O) groups is 2. The monoisotopic (exact) mass is 376 g/mol. The molecule has 2 amide bonds. The van der Waals surface area contributed by atoms with Crippen molar-refractivity contribution in [1.29, 1.82) is 0 Å². The van der Waals surface area contributed by atoms with Crippen molar-refractivity contribution in [3.63, 3.8) is 0 Å². The van der Waals surface area contributed by atoms with E-state index in [1.807, 2.05) is 6.92 Å². The first-order valence-corrected chi connectivity index (χ1v) is 9.79. The van der Waals surface area contributed by atoms with E-state index >= 15 is 0 Å². The lowest BCUT2D eigenvalue weighted by molar-refractivity contribution is -0.128. The van der Waals surface area contributed by atoms with Gasteiger partial charge < -0.3 is 10.6 Å². The molecule has 26 heavy (non-hydrogen) atoms. The molecule has 0 bridgehead atoms. The molecule has 0 aromatic carbocycles. The average molecular weight is 376 g/mol. The van der Waals surface area contributed by atoms with Crippen LogP contribution in [0, 0.1) is 5.92 Å². The number of aryl methyl sites for hydroxylation is 1. The Bertz CT molecular complexity index is 902. The minimum absolute atomic E-state index is 0.146. The lowest BCUT2D eigenvalue weighted by Gasteiger charge is -2.17. The standard InChI is InChI=1S/C18H24N4O3S/c1-4-19-16(24)11(3)21-14(23)8-22-9-20-17-15(18(22)25)12-6-5-10(2)7-13(12)26-17/h9-11H,4-8H2,1-3H3,(H,19,24)(H,21,23)/t10-,11+/m1/s1. The molecule has 0 spiro atoms. The summed E-state index contributed by atoms with van der Waals surface area (Å²) in [5.41, 5.74) is 0.925. The number of thiophene rings is 1. The Kier molecular flexibility index (Phi) is 5.41. The molecule has 3 rings (SSSR count). The molecular formula is C18H24N4O3S. The molecule has 0 radical (unpaired) electrons. The van der Waals surface area contributed by atoms with Gasteiger partial charge in [-0.15, -0.1) is 11.3 Å². The van der Waals surface area contributed by atoms with Gasteiger partial charge in [0.15, 0.2) is 0 Å². The van der Waals surface area contributed by atoms with E-state index in [1.165, 1.54) is 15.8 Å². The molecule has 1 aliphatic carbocycles. The minimum Gasteiger partial charge on any atom is -0.355 e. The molecule has 8 heteroatoms. The van der Waals surface area contributed by atoms with Crippen LogP contribution in [0.1, 0.15) is 37.6 Å². The van der Waals surface area contributed by atoms with Crippen LogP contribution < -0.4 is 16.2 Å². The van der Waals surface area contributed by atoms with Crippen LogP contribution in [-0.2, 0) is 29.0 Å². The van der Waals surface area contributed by atoms with Gasteiger partial charge in [0, 0.05) is 11.4 Å². The molecular weight excluding hydrogens is 352 g/mol. The number of nitrogens with zero attached hydrogens (tertiary/aromatic N) is 2. The first-order valence-electron chi connectivity index (χ1n) is 8.97. The van der Waals surface area contributed by atoms with Gasteiger partial charge in [-0.3, -0.25) is 19.0 Å². The molecule has 7 nitrogen and oxygen atoms in total. The molecule has 2 aromatic heterocycles. The van der Waals surface area contributed by atoms with E-state index in [9.17, 15) is 14.4 Å². The molecule has 0 saturated carbocycles. The summed E-state index contributed by atoms with van der Waals surface area (Å²) in [6.45, 7) is 6.01. The molecule has 2 heterocycles. The zero-order valence-corrected chi connectivity index (χ0v) is 16.1. The molecule has 2 N–H and O–H groups in total. The number of fused-ring (bicyclic) bond motifs is 3. The van der Waals surface area contributed by atoms with E-state index in [0.29, 0.717) is 17.8 Å². The van der Waals surface area contributed by atoms with Crippen LogP contribution in [0.5, 0.6) is 0 Å². The van der Waals surface area contributed by atoms with Gasteiger partial charge >= 0.3 is 0 Å². The van der Waals surface area contributed by atoms with E-state index in [4.69, 9.17) is 0 Å². The quantitative estimate of drug-likeness (QED) is 0.821. The molecule has 0 saturated heterocycles. The fraction of sp³-hybridized carbons (Fsp3) is 0.556. The Morgan fingerprint density at radius 3 is 2.96 bits per heavy atom. The van der Waals surface area contributed by atoms with E-state index in [-0.39, 0.29) is 23.9 Å². The maximum atomic E-state index is 12.9.